The number of rotatable bonds is 7. The summed E-state index contributed by atoms with van der Waals surface area (Å²) in [5, 5.41) is 0.131. The third kappa shape index (κ3) is 4.77. The van der Waals surface area contributed by atoms with Gasteiger partial charge in [0, 0.05) is 13.6 Å². The second-order valence-electron chi connectivity index (χ2n) is 4.42. The molecule has 0 bridgehead atoms. The van der Waals surface area contributed by atoms with Crippen molar-refractivity contribution in [3.63, 3.8) is 0 Å². The topological polar surface area (TPSA) is 66.5 Å². The molecule has 0 saturated carbocycles. The fourth-order valence-electron chi connectivity index (χ4n) is 1.55. The van der Waals surface area contributed by atoms with Gasteiger partial charge >= 0.3 is 0 Å². The van der Waals surface area contributed by atoms with Gasteiger partial charge in [0.25, 0.3) is 0 Å². The van der Waals surface area contributed by atoms with E-state index in [1.54, 1.807) is 19.2 Å². The number of hydrogen-bond acceptors (Lipinski definition) is 3. The molecule has 0 heterocycles. The van der Waals surface area contributed by atoms with Crippen molar-refractivity contribution in [3.05, 3.63) is 29.3 Å². The van der Waals surface area contributed by atoms with Crippen LogP contribution >= 0.6 is 11.6 Å². The number of hydrogen-bond donors (Lipinski definition) is 1. The van der Waals surface area contributed by atoms with Crippen LogP contribution in [0, 0.1) is 0 Å². The largest absolute Gasteiger partial charge is 0.345 e. The van der Waals surface area contributed by atoms with E-state index in [0.29, 0.717) is 6.54 Å². The molecule has 20 heavy (non-hydrogen) atoms. The number of likely N-dealkylation sites (N-methyl/N-ethyl adjacent to an activating group) is 1. The zero-order chi connectivity index (χ0) is 15.2. The standard InChI is InChI=1S/C13H19ClN2O3S/c1-3-4-9-16(2)13(17)10-15-20(18,19)12-8-6-5-7-11(12)14/h5-8,15H,3-4,9-10H2,1-2H3. The van der Waals surface area contributed by atoms with Crippen LogP contribution in [0.15, 0.2) is 29.2 Å². The van der Waals surface area contributed by atoms with Gasteiger partial charge in [0.05, 0.1) is 11.6 Å². The molecule has 1 aromatic carbocycles. The van der Waals surface area contributed by atoms with Crippen LogP contribution in [0.3, 0.4) is 0 Å². The summed E-state index contributed by atoms with van der Waals surface area (Å²) in [5.41, 5.74) is 0. The van der Waals surface area contributed by atoms with Gasteiger partial charge in [-0.3, -0.25) is 4.79 Å². The number of benzene rings is 1. The summed E-state index contributed by atoms with van der Waals surface area (Å²) in [4.78, 5) is 13.3. The van der Waals surface area contributed by atoms with E-state index in [9.17, 15) is 13.2 Å². The van der Waals surface area contributed by atoms with Crippen LogP contribution in [0.2, 0.25) is 5.02 Å². The first-order chi connectivity index (χ1) is 9.38. The molecule has 0 unspecified atom stereocenters. The predicted molar refractivity (Wildman–Crippen MR) is 79.2 cm³/mol. The Morgan fingerprint density at radius 3 is 2.60 bits per heavy atom. The van der Waals surface area contributed by atoms with E-state index in [2.05, 4.69) is 4.72 Å². The first-order valence-electron chi connectivity index (χ1n) is 6.36. The number of carbonyl (C=O) groups is 1. The molecule has 0 fully saturated rings. The summed E-state index contributed by atoms with van der Waals surface area (Å²) in [5.74, 6) is -0.269. The third-order valence-corrected chi connectivity index (χ3v) is 4.71. The number of halogens is 1. The van der Waals surface area contributed by atoms with E-state index in [0.717, 1.165) is 12.8 Å². The van der Waals surface area contributed by atoms with E-state index in [4.69, 9.17) is 11.6 Å². The van der Waals surface area contributed by atoms with E-state index in [1.165, 1.54) is 17.0 Å². The van der Waals surface area contributed by atoms with Crippen molar-refractivity contribution in [2.24, 2.45) is 0 Å². The molecule has 1 amide bonds. The van der Waals surface area contributed by atoms with Gasteiger partial charge in [0.15, 0.2) is 0 Å². The lowest BCUT2D eigenvalue weighted by molar-refractivity contribution is -0.128. The van der Waals surface area contributed by atoms with Crippen molar-refractivity contribution >= 4 is 27.5 Å². The van der Waals surface area contributed by atoms with Gasteiger partial charge in [-0.2, -0.15) is 0 Å². The molecule has 0 atom stereocenters. The maximum atomic E-state index is 12.0. The number of sulfonamides is 1. The second kappa shape index (κ2) is 7.61. The average Bonchev–Trinajstić information content (AvgIpc) is 2.42. The predicted octanol–water partition coefficient (Wildman–Crippen LogP) is 1.88. The van der Waals surface area contributed by atoms with Gasteiger partial charge in [0.2, 0.25) is 15.9 Å². The van der Waals surface area contributed by atoms with Crippen molar-refractivity contribution in [1.29, 1.82) is 0 Å². The number of nitrogens with one attached hydrogen (secondary N) is 1. The Bertz CT molecular complexity index is 560. The van der Waals surface area contributed by atoms with E-state index in [1.807, 2.05) is 6.92 Å². The lowest BCUT2D eigenvalue weighted by Crippen LogP contribution is -2.38. The third-order valence-electron chi connectivity index (χ3n) is 2.81. The van der Waals surface area contributed by atoms with Crippen LogP contribution in [-0.2, 0) is 14.8 Å². The fourth-order valence-corrected chi connectivity index (χ4v) is 3.04. The van der Waals surface area contributed by atoms with Crippen molar-refractivity contribution in [2.75, 3.05) is 20.1 Å². The highest BCUT2D eigenvalue weighted by Crippen LogP contribution is 2.19. The van der Waals surface area contributed by atoms with Crippen LogP contribution in [-0.4, -0.2) is 39.4 Å². The quantitative estimate of drug-likeness (QED) is 0.834. The molecule has 0 aliphatic heterocycles. The highest BCUT2D eigenvalue weighted by Gasteiger charge is 2.19. The van der Waals surface area contributed by atoms with Gasteiger partial charge in [0.1, 0.15) is 4.90 Å². The molecule has 0 aromatic heterocycles. The molecule has 7 heteroatoms. The van der Waals surface area contributed by atoms with Gasteiger partial charge in [-0.1, -0.05) is 37.1 Å². The zero-order valence-corrected chi connectivity index (χ0v) is 13.2. The van der Waals surface area contributed by atoms with E-state index >= 15 is 0 Å². The van der Waals surface area contributed by atoms with Crippen LogP contribution in [0.25, 0.3) is 0 Å². The van der Waals surface area contributed by atoms with Crippen LogP contribution in [0.1, 0.15) is 19.8 Å². The number of unbranched alkanes of at least 4 members (excludes halogenated alkanes) is 1. The van der Waals surface area contributed by atoms with Crippen LogP contribution in [0.5, 0.6) is 0 Å². The lowest BCUT2D eigenvalue weighted by Gasteiger charge is -2.17. The van der Waals surface area contributed by atoms with Gasteiger partial charge in [-0.05, 0) is 18.6 Å². The summed E-state index contributed by atoms with van der Waals surface area (Å²) < 4.78 is 26.3. The minimum Gasteiger partial charge on any atom is -0.345 e. The highest BCUT2D eigenvalue weighted by molar-refractivity contribution is 7.89. The molecular weight excluding hydrogens is 300 g/mol. The Labute approximate surface area is 125 Å². The number of carbonyl (C=O) groups excluding carboxylic acids is 1. The van der Waals surface area contributed by atoms with Crippen LogP contribution < -0.4 is 4.72 Å². The second-order valence-corrected chi connectivity index (χ2v) is 6.57. The Kier molecular flexibility index (Phi) is 6.45. The monoisotopic (exact) mass is 318 g/mol. The fraction of sp³-hybridized carbons (Fsp3) is 0.462. The van der Waals surface area contributed by atoms with E-state index < -0.39 is 10.0 Å². The van der Waals surface area contributed by atoms with Crippen molar-refractivity contribution in [2.45, 2.75) is 24.7 Å². The molecular formula is C13H19ClN2O3S. The summed E-state index contributed by atoms with van der Waals surface area (Å²) >= 11 is 5.84. The minimum absolute atomic E-state index is 0.0225. The summed E-state index contributed by atoms with van der Waals surface area (Å²) in [6, 6.07) is 6.11. The van der Waals surface area contributed by atoms with Crippen molar-refractivity contribution < 1.29 is 13.2 Å². The number of nitrogens with zero attached hydrogens (tertiary/aromatic N) is 1. The summed E-state index contributed by atoms with van der Waals surface area (Å²) in [6.07, 6.45) is 1.86. The zero-order valence-electron chi connectivity index (χ0n) is 11.6. The Balaban J connectivity index is 2.65. The lowest BCUT2D eigenvalue weighted by atomic mass is 10.3. The highest BCUT2D eigenvalue weighted by atomic mass is 35.5. The summed E-state index contributed by atoms with van der Waals surface area (Å²) in [7, 11) is -2.11. The van der Waals surface area contributed by atoms with Gasteiger partial charge in [-0.15, -0.1) is 0 Å². The molecule has 0 aliphatic carbocycles. The van der Waals surface area contributed by atoms with Gasteiger partial charge in [-0.25, -0.2) is 13.1 Å². The molecule has 1 aromatic rings. The minimum atomic E-state index is -3.77. The molecule has 1 N–H and O–H groups in total. The molecule has 0 aliphatic rings. The maximum Gasteiger partial charge on any atom is 0.242 e. The molecule has 1 rings (SSSR count). The maximum absolute atomic E-state index is 12.0. The molecule has 0 spiro atoms. The number of amides is 1. The van der Waals surface area contributed by atoms with Crippen LogP contribution in [0.4, 0.5) is 0 Å². The molecule has 112 valence electrons. The smallest absolute Gasteiger partial charge is 0.242 e. The van der Waals surface area contributed by atoms with Gasteiger partial charge < -0.3 is 4.90 Å². The Morgan fingerprint density at radius 2 is 2.00 bits per heavy atom. The van der Waals surface area contributed by atoms with Crippen molar-refractivity contribution in [3.8, 4) is 0 Å². The molecule has 5 nitrogen and oxygen atoms in total. The normalized spacial score (nSPS) is 11.3. The summed E-state index contributed by atoms with van der Waals surface area (Å²) in [6.45, 7) is 2.37. The first-order valence-corrected chi connectivity index (χ1v) is 8.22. The van der Waals surface area contributed by atoms with Crippen molar-refractivity contribution in [1.82, 2.24) is 9.62 Å². The Morgan fingerprint density at radius 1 is 1.35 bits per heavy atom. The SMILES string of the molecule is CCCCN(C)C(=O)CNS(=O)(=O)c1ccccc1Cl. The average molecular weight is 319 g/mol. The first kappa shape index (κ1) is 16.9. The molecule has 0 saturated heterocycles. The molecule has 0 radical (unpaired) electrons. The van der Waals surface area contributed by atoms with E-state index in [-0.39, 0.29) is 22.4 Å². The Hall–Kier alpha value is -1.11.